The molecule has 1 amide bonds. The molecule has 21 heavy (non-hydrogen) atoms. The van der Waals surface area contributed by atoms with Gasteiger partial charge in [-0.25, -0.2) is 4.98 Å². The van der Waals surface area contributed by atoms with Gasteiger partial charge in [0, 0.05) is 29.5 Å². The van der Waals surface area contributed by atoms with Crippen molar-refractivity contribution in [3.8, 4) is 0 Å². The first-order valence-corrected chi connectivity index (χ1v) is 8.05. The fourth-order valence-corrected chi connectivity index (χ4v) is 3.08. The van der Waals surface area contributed by atoms with E-state index in [1.807, 2.05) is 10.6 Å². The second-order valence-electron chi connectivity index (χ2n) is 5.75. The molecule has 0 aromatic carbocycles. The summed E-state index contributed by atoms with van der Waals surface area (Å²) in [6, 6.07) is 3.83. The molecule has 0 spiro atoms. The van der Waals surface area contributed by atoms with Crippen LogP contribution in [0.1, 0.15) is 55.4 Å². The molecule has 0 atom stereocenters. The smallest absolute Gasteiger partial charge is 0.271 e. The van der Waals surface area contributed by atoms with Crippen molar-refractivity contribution in [3.63, 3.8) is 0 Å². The van der Waals surface area contributed by atoms with Crippen molar-refractivity contribution in [2.75, 3.05) is 0 Å². The second-order valence-corrected chi connectivity index (χ2v) is 6.19. The van der Waals surface area contributed by atoms with Crippen LogP contribution >= 0.6 is 11.6 Å². The molecule has 2 heterocycles. The highest BCUT2D eigenvalue weighted by Crippen LogP contribution is 2.18. The lowest BCUT2D eigenvalue weighted by Gasteiger charge is -2.20. The Morgan fingerprint density at radius 1 is 1.24 bits per heavy atom. The van der Waals surface area contributed by atoms with Gasteiger partial charge in [0.15, 0.2) is 0 Å². The van der Waals surface area contributed by atoms with Gasteiger partial charge in [-0.1, -0.05) is 43.7 Å². The molecule has 0 radical (unpaired) electrons. The topological polar surface area (TPSA) is 46.4 Å². The first kappa shape index (κ1) is 14.4. The van der Waals surface area contributed by atoms with Crippen LogP contribution in [0.4, 0.5) is 0 Å². The number of rotatable bonds is 2. The Balaban J connectivity index is 1.70. The highest BCUT2D eigenvalue weighted by Gasteiger charge is 2.17. The Labute approximate surface area is 129 Å². The molecule has 1 saturated carbocycles. The number of imidazole rings is 1. The average molecular weight is 306 g/mol. The molecule has 0 saturated heterocycles. The molecule has 5 heteroatoms. The number of halogens is 1. The Kier molecular flexibility index (Phi) is 4.44. The first-order valence-electron chi connectivity index (χ1n) is 7.67. The summed E-state index contributed by atoms with van der Waals surface area (Å²) in [5.41, 5.74) is 1.16. The molecule has 0 aliphatic heterocycles. The Morgan fingerprint density at radius 2 is 1.95 bits per heavy atom. The predicted molar refractivity (Wildman–Crippen MR) is 83.8 cm³/mol. The zero-order chi connectivity index (χ0) is 14.7. The highest BCUT2D eigenvalue weighted by atomic mass is 35.5. The van der Waals surface area contributed by atoms with Crippen LogP contribution < -0.4 is 5.32 Å². The molecule has 0 unspecified atom stereocenters. The van der Waals surface area contributed by atoms with E-state index in [2.05, 4.69) is 10.3 Å². The number of carbonyl (C=O) groups excluding carboxylic acids is 1. The van der Waals surface area contributed by atoms with Crippen LogP contribution in [-0.4, -0.2) is 21.3 Å². The molecule has 0 bridgehead atoms. The van der Waals surface area contributed by atoms with Gasteiger partial charge in [-0.05, 0) is 18.9 Å². The van der Waals surface area contributed by atoms with E-state index in [0.29, 0.717) is 16.4 Å². The maximum Gasteiger partial charge on any atom is 0.271 e. The van der Waals surface area contributed by atoms with Crippen LogP contribution in [-0.2, 0) is 0 Å². The summed E-state index contributed by atoms with van der Waals surface area (Å²) < 4.78 is 1.82. The van der Waals surface area contributed by atoms with Crippen LogP contribution in [0.15, 0.2) is 24.5 Å². The van der Waals surface area contributed by atoms with E-state index in [0.717, 1.165) is 12.8 Å². The van der Waals surface area contributed by atoms with Gasteiger partial charge in [-0.3, -0.25) is 4.79 Å². The largest absolute Gasteiger partial charge is 0.348 e. The number of hydrogen-bond donors (Lipinski definition) is 1. The summed E-state index contributed by atoms with van der Waals surface area (Å²) in [5, 5.41) is 3.76. The van der Waals surface area contributed by atoms with Gasteiger partial charge in [0.1, 0.15) is 11.3 Å². The predicted octanol–water partition coefficient (Wildman–Crippen LogP) is 3.83. The third kappa shape index (κ3) is 3.56. The fraction of sp³-hybridized carbons (Fsp3) is 0.500. The number of hydrogen-bond acceptors (Lipinski definition) is 2. The van der Waals surface area contributed by atoms with Crippen molar-refractivity contribution in [3.05, 3.63) is 35.2 Å². The number of amides is 1. The van der Waals surface area contributed by atoms with Crippen LogP contribution in [0.25, 0.3) is 5.65 Å². The number of nitrogens with zero attached hydrogens (tertiary/aromatic N) is 2. The lowest BCUT2D eigenvalue weighted by molar-refractivity contribution is 0.0926. The van der Waals surface area contributed by atoms with E-state index in [1.165, 1.54) is 32.1 Å². The van der Waals surface area contributed by atoms with E-state index >= 15 is 0 Å². The minimum Gasteiger partial charge on any atom is -0.348 e. The van der Waals surface area contributed by atoms with Gasteiger partial charge in [0.05, 0.1) is 0 Å². The van der Waals surface area contributed by atoms with E-state index in [4.69, 9.17) is 11.6 Å². The minimum atomic E-state index is -0.0830. The van der Waals surface area contributed by atoms with Gasteiger partial charge >= 0.3 is 0 Å². The van der Waals surface area contributed by atoms with Crippen molar-refractivity contribution < 1.29 is 4.79 Å². The molecule has 4 nitrogen and oxygen atoms in total. The average Bonchev–Trinajstić information content (AvgIpc) is 2.84. The van der Waals surface area contributed by atoms with Gasteiger partial charge in [0.2, 0.25) is 0 Å². The summed E-state index contributed by atoms with van der Waals surface area (Å²) >= 11 is 5.94. The number of aromatic nitrogens is 2. The maximum absolute atomic E-state index is 12.3. The highest BCUT2D eigenvalue weighted by molar-refractivity contribution is 6.30. The molecule has 1 aliphatic carbocycles. The third-order valence-corrected chi connectivity index (χ3v) is 4.33. The maximum atomic E-state index is 12.3. The van der Waals surface area contributed by atoms with Gasteiger partial charge < -0.3 is 9.72 Å². The fourth-order valence-electron chi connectivity index (χ4n) is 2.93. The molecule has 1 fully saturated rings. The lowest BCUT2D eigenvalue weighted by Crippen LogP contribution is -2.35. The van der Waals surface area contributed by atoms with Crippen molar-refractivity contribution in [1.82, 2.24) is 14.7 Å². The minimum absolute atomic E-state index is 0.0830. The van der Waals surface area contributed by atoms with Crippen LogP contribution in [0.3, 0.4) is 0 Å². The standard InChI is InChI=1S/C16H20ClN3O/c17-12-8-9-20-11-14(19-15(20)10-12)16(21)18-13-6-4-2-1-3-5-7-13/h8-11,13H,1-7H2,(H,18,21). The number of pyridine rings is 1. The summed E-state index contributed by atoms with van der Waals surface area (Å²) in [6.07, 6.45) is 12.0. The zero-order valence-electron chi connectivity index (χ0n) is 12.0. The normalized spacial score (nSPS) is 17.4. The number of nitrogens with one attached hydrogen (secondary N) is 1. The lowest BCUT2D eigenvalue weighted by atomic mass is 9.97. The van der Waals surface area contributed by atoms with Crippen molar-refractivity contribution >= 4 is 23.2 Å². The van der Waals surface area contributed by atoms with Crippen molar-refractivity contribution in [2.24, 2.45) is 0 Å². The first-order chi connectivity index (χ1) is 10.2. The Hall–Kier alpha value is -1.55. The molecule has 1 aliphatic rings. The van der Waals surface area contributed by atoms with Crippen LogP contribution in [0.5, 0.6) is 0 Å². The SMILES string of the molecule is O=C(NC1CCCCCCC1)c1cn2ccc(Cl)cc2n1. The van der Waals surface area contributed by atoms with E-state index in [1.54, 1.807) is 18.3 Å². The molecule has 112 valence electrons. The Bertz CT molecular complexity index is 629. The van der Waals surface area contributed by atoms with Gasteiger partial charge in [-0.2, -0.15) is 0 Å². The van der Waals surface area contributed by atoms with Crippen LogP contribution in [0.2, 0.25) is 5.02 Å². The van der Waals surface area contributed by atoms with Gasteiger partial charge in [0.25, 0.3) is 5.91 Å². The molecule has 2 aromatic heterocycles. The quantitative estimate of drug-likeness (QED) is 0.916. The van der Waals surface area contributed by atoms with E-state index < -0.39 is 0 Å². The van der Waals surface area contributed by atoms with Gasteiger partial charge in [-0.15, -0.1) is 0 Å². The monoisotopic (exact) mass is 305 g/mol. The zero-order valence-corrected chi connectivity index (χ0v) is 12.8. The second kappa shape index (κ2) is 6.48. The summed E-state index contributed by atoms with van der Waals surface area (Å²) in [5.74, 6) is -0.0830. The molecular weight excluding hydrogens is 286 g/mol. The van der Waals surface area contributed by atoms with Crippen molar-refractivity contribution in [1.29, 1.82) is 0 Å². The number of fused-ring (bicyclic) bond motifs is 1. The van der Waals surface area contributed by atoms with Crippen molar-refractivity contribution in [2.45, 2.75) is 51.0 Å². The molecule has 3 rings (SSSR count). The molecule has 1 N–H and O–H groups in total. The number of carbonyl (C=O) groups is 1. The summed E-state index contributed by atoms with van der Waals surface area (Å²) in [6.45, 7) is 0. The molecule has 2 aromatic rings. The summed E-state index contributed by atoms with van der Waals surface area (Å²) in [7, 11) is 0. The van der Waals surface area contributed by atoms with Crippen LogP contribution in [0, 0.1) is 0 Å². The molecular formula is C16H20ClN3O. The third-order valence-electron chi connectivity index (χ3n) is 4.10. The summed E-state index contributed by atoms with van der Waals surface area (Å²) in [4.78, 5) is 16.7. The Morgan fingerprint density at radius 3 is 2.71 bits per heavy atom. The van der Waals surface area contributed by atoms with E-state index in [-0.39, 0.29) is 11.9 Å². The van der Waals surface area contributed by atoms with E-state index in [9.17, 15) is 4.79 Å².